The molecule has 3 unspecified atom stereocenters. The first-order valence-corrected chi connectivity index (χ1v) is 6.08. The molecule has 0 radical (unpaired) electrons. The highest BCUT2D eigenvalue weighted by atomic mass is 16.5. The van der Waals surface area contributed by atoms with Gasteiger partial charge in [0.05, 0.1) is 6.10 Å². The molecule has 1 saturated carbocycles. The van der Waals surface area contributed by atoms with E-state index in [2.05, 4.69) is 18.7 Å². The van der Waals surface area contributed by atoms with Gasteiger partial charge in [0.25, 0.3) is 0 Å². The van der Waals surface area contributed by atoms with Gasteiger partial charge in [-0.1, -0.05) is 13.8 Å². The number of hydrogen-bond acceptors (Lipinski definition) is 3. The fraction of sp³-hybridized carbons (Fsp3) is 1.00. The zero-order chi connectivity index (χ0) is 11.1. The Morgan fingerprint density at radius 3 is 2.67 bits per heavy atom. The van der Waals surface area contributed by atoms with Crippen LogP contribution in [0.2, 0.25) is 0 Å². The molecule has 3 nitrogen and oxygen atoms in total. The first-order chi connectivity index (χ1) is 7.05. The molecule has 3 heteroatoms. The quantitative estimate of drug-likeness (QED) is 0.748. The summed E-state index contributed by atoms with van der Waals surface area (Å²) in [5.41, 5.74) is 6.32. The van der Waals surface area contributed by atoms with Crippen molar-refractivity contribution in [2.45, 2.75) is 51.3 Å². The van der Waals surface area contributed by atoms with Gasteiger partial charge in [-0.2, -0.15) is 0 Å². The molecule has 2 aliphatic rings. The maximum atomic E-state index is 6.02. The first-order valence-electron chi connectivity index (χ1n) is 6.08. The molecule has 1 aliphatic heterocycles. The van der Waals surface area contributed by atoms with Crippen LogP contribution in [-0.2, 0) is 4.74 Å². The Morgan fingerprint density at radius 1 is 1.40 bits per heavy atom. The van der Waals surface area contributed by atoms with Gasteiger partial charge in [-0.15, -0.1) is 0 Å². The van der Waals surface area contributed by atoms with Gasteiger partial charge in [0.1, 0.15) is 0 Å². The van der Waals surface area contributed by atoms with Crippen molar-refractivity contribution in [3.05, 3.63) is 0 Å². The van der Waals surface area contributed by atoms with Crippen LogP contribution in [0, 0.1) is 5.41 Å². The summed E-state index contributed by atoms with van der Waals surface area (Å²) in [6.07, 6.45) is 4.06. The summed E-state index contributed by atoms with van der Waals surface area (Å²) in [5, 5.41) is 0. The Hall–Kier alpha value is -0.120. The van der Waals surface area contributed by atoms with Crippen LogP contribution in [0.15, 0.2) is 0 Å². The molecule has 0 bridgehead atoms. The number of nitrogens with two attached hydrogens (primary N) is 1. The van der Waals surface area contributed by atoms with Crippen LogP contribution in [-0.4, -0.2) is 43.3 Å². The molecule has 0 amide bonds. The van der Waals surface area contributed by atoms with Crippen molar-refractivity contribution in [3.63, 3.8) is 0 Å². The average Bonchev–Trinajstić information content (AvgIpc) is 2.17. The van der Waals surface area contributed by atoms with Crippen LogP contribution in [0.25, 0.3) is 0 Å². The molecular weight excluding hydrogens is 188 g/mol. The van der Waals surface area contributed by atoms with Crippen molar-refractivity contribution in [1.82, 2.24) is 4.90 Å². The molecule has 0 aromatic carbocycles. The summed E-state index contributed by atoms with van der Waals surface area (Å²) in [6.45, 7) is 6.92. The zero-order valence-electron chi connectivity index (χ0n) is 10.2. The van der Waals surface area contributed by atoms with Crippen molar-refractivity contribution in [1.29, 1.82) is 0 Å². The van der Waals surface area contributed by atoms with Crippen LogP contribution in [0.4, 0.5) is 0 Å². The Labute approximate surface area is 93.0 Å². The fourth-order valence-corrected chi connectivity index (χ4v) is 3.21. The number of piperidine rings is 1. The Balaban J connectivity index is 1.95. The summed E-state index contributed by atoms with van der Waals surface area (Å²) in [4.78, 5) is 2.57. The highest BCUT2D eigenvalue weighted by molar-refractivity contribution is 5.04. The van der Waals surface area contributed by atoms with E-state index in [9.17, 15) is 0 Å². The SMILES string of the molecule is COC1CC(N2CCCC(N)C2)C1(C)C. The Bertz CT molecular complexity index is 230. The van der Waals surface area contributed by atoms with Gasteiger partial charge in [0.15, 0.2) is 0 Å². The van der Waals surface area contributed by atoms with E-state index < -0.39 is 0 Å². The summed E-state index contributed by atoms with van der Waals surface area (Å²) in [7, 11) is 1.82. The highest BCUT2D eigenvalue weighted by Gasteiger charge is 2.51. The monoisotopic (exact) mass is 212 g/mol. The summed E-state index contributed by atoms with van der Waals surface area (Å²) >= 11 is 0. The lowest BCUT2D eigenvalue weighted by molar-refractivity contribution is -0.141. The van der Waals surface area contributed by atoms with Gasteiger partial charge >= 0.3 is 0 Å². The molecule has 0 aromatic rings. The maximum absolute atomic E-state index is 6.02. The van der Waals surface area contributed by atoms with Gasteiger partial charge in [-0.05, 0) is 25.8 Å². The van der Waals surface area contributed by atoms with Crippen LogP contribution in [0.1, 0.15) is 33.1 Å². The fourth-order valence-electron chi connectivity index (χ4n) is 3.21. The van der Waals surface area contributed by atoms with Crippen molar-refractivity contribution in [3.8, 4) is 0 Å². The second kappa shape index (κ2) is 4.04. The van der Waals surface area contributed by atoms with Gasteiger partial charge in [-0.25, -0.2) is 0 Å². The van der Waals surface area contributed by atoms with E-state index in [-0.39, 0.29) is 0 Å². The van der Waals surface area contributed by atoms with E-state index in [0.29, 0.717) is 23.6 Å². The van der Waals surface area contributed by atoms with Crippen LogP contribution in [0.3, 0.4) is 0 Å². The van der Waals surface area contributed by atoms with Gasteiger partial charge < -0.3 is 10.5 Å². The second-order valence-corrected chi connectivity index (χ2v) is 5.69. The van der Waals surface area contributed by atoms with Crippen LogP contribution >= 0.6 is 0 Å². The molecule has 3 atom stereocenters. The summed E-state index contributed by atoms with van der Waals surface area (Å²) < 4.78 is 5.49. The average molecular weight is 212 g/mol. The van der Waals surface area contributed by atoms with E-state index in [0.717, 1.165) is 6.54 Å². The second-order valence-electron chi connectivity index (χ2n) is 5.69. The smallest absolute Gasteiger partial charge is 0.0652 e. The normalized spacial score (nSPS) is 41.2. The van der Waals surface area contributed by atoms with Crippen molar-refractivity contribution in [2.75, 3.05) is 20.2 Å². The molecule has 15 heavy (non-hydrogen) atoms. The van der Waals surface area contributed by atoms with E-state index in [1.165, 1.54) is 25.8 Å². The molecule has 88 valence electrons. The lowest BCUT2D eigenvalue weighted by Gasteiger charge is -2.56. The first kappa shape index (κ1) is 11.4. The molecule has 2 N–H and O–H groups in total. The lowest BCUT2D eigenvalue weighted by atomic mass is 9.63. The van der Waals surface area contributed by atoms with Crippen molar-refractivity contribution in [2.24, 2.45) is 11.1 Å². The molecular formula is C12H24N2O. The third-order valence-electron chi connectivity index (χ3n) is 4.34. The molecule has 2 fully saturated rings. The minimum Gasteiger partial charge on any atom is -0.381 e. The van der Waals surface area contributed by atoms with Crippen LogP contribution < -0.4 is 5.73 Å². The molecule has 1 aliphatic carbocycles. The predicted octanol–water partition coefficient (Wildman–Crippen LogP) is 1.22. The number of ether oxygens (including phenoxy) is 1. The third kappa shape index (κ3) is 1.93. The number of rotatable bonds is 2. The van der Waals surface area contributed by atoms with E-state index in [4.69, 9.17) is 10.5 Å². The van der Waals surface area contributed by atoms with Gasteiger partial charge in [0, 0.05) is 31.2 Å². The van der Waals surface area contributed by atoms with Gasteiger partial charge in [-0.3, -0.25) is 4.90 Å². The third-order valence-corrected chi connectivity index (χ3v) is 4.34. The molecule has 1 saturated heterocycles. The standard InChI is InChI=1S/C12H24N2O/c1-12(2)10(7-11(12)15-3)14-6-4-5-9(13)8-14/h9-11H,4-8,13H2,1-3H3. The number of hydrogen-bond donors (Lipinski definition) is 1. The van der Waals surface area contributed by atoms with E-state index in [1.54, 1.807) is 0 Å². The maximum Gasteiger partial charge on any atom is 0.0652 e. The number of likely N-dealkylation sites (tertiary alicyclic amines) is 1. The topological polar surface area (TPSA) is 38.5 Å². The van der Waals surface area contributed by atoms with E-state index in [1.807, 2.05) is 7.11 Å². The van der Waals surface area contributed by atoms with Crippen molar-refractivity contribution >= 4 is 0 Å². The number of nitrogens with zero attached hydrogens (tertiary/aromatic N) is 1. The molecule has 1 heterocycles. The molecule has 0 spiro atoms. The van der Waals surface area contributed by atoms with Gasteiger partial charge in [0.2, 0.25) is 0 Å². The Morgan fingerprint density at radius 2 is 2.13 bits per heavy atom. The largest absolute Gasteiger partial charge is 0.381 e. The minimum absolute atomic E-state index is 0.297. The van der Waals surface area contributed by atoms with E-state index >= 15 is 0 Å². The van der Waals surface area contributed by atoms with Crippen molar-refractivity contribution < 1.29 is 4.74 Å². The summed E-state index contributed by atoms with van der Waals surface area (Å²) in [6, 6.07) is 1.06. The Kier molecular flexibility index (Phi) is 3.06. The molecule has 0 aromatic heterocycles. The zero-order valence-corrected chi connectivity index (χ0v) is 10.2. The number of methoxy groups -OCH3 is 1. The predicted molar refractivity (Wildman–Crippen MR) is 61.8 cm³/mol. The van der Waals surface area contributed by atoms with Crippen LogP contribution in [0.5, 0.6) is 0 Å². The lowest BCUT2D eigenvalue weighted by Crippen LogP contribution is -2.64. The summed E-state index contributed by atoms with van der Waals surface area (Å²) in [5.74, 6) is 0. The molecule has 2 rings (SSSR count). The minimum atomic E-state index is 0.297. The highest BCUT2D eigenvalue weighted by Crippen LogP contribution is 2.46.